The summed E-state index contributed by atoms with van der Waals surface area (Å²) in [6, 6.07) is 5.51. The van der Waals surface area contributed by atoms with Gasteiger partial charge < -0.3 is 14.7 Å². The first-order valence-electron chi connectivity index (χ1n) is 10.3. The molecule has 0 bridgehead atoms. The van der Waals surface area contributed by atoms with Crippen LogP contribution in [0.5, 0.6) is 0 Å². The van der Waals surface area contributed by atoms with Crippen LogP contribution in [-0.2, 0) is 4.74 Å². The average molecular weight is 423 g/mol. The van der Waals surface area contributed by atoms with Crippen molar-refractivity contribution < 1.29 is 19.4 Å². The van der Waals surface area contributed by atoms with E-state index >= 15 is 0 Å². The van der Waals surface area contributed by atoms with E-state index in [1.54, 1.807) is 37.5 Å². The normalized spacial score (nSPS) is 16.4. The zero-order chi connectivity index (χ0) is 22.0. The van der Waals surface area contributed by atoms with Gasteiger partial charge in [-0.25, -0.2) is 9.78 Å². The summed E-state index contributed by atoms with van der Waals surface area (Å²) in [5, 5.41) is 10.7. The van der Waals surface area contributed by atoms with Crippen molar-refractivity contribution in [2.45, 2.75) is 25.9 Å². The lowest BCUT2D eigenvalue weighted by atomic mass is 10.1. The van der Waals surface area contributed by atoms with Gasteiger partial charge in [0, 0.05) is 37.9 Å². The number of carbonyl (C=O) groups excluding carboxylic acids is 2. The Morgan fingerprint density at radius 2 is 2.13 bits per heavy atom. The highest BCUT2D eigenvalue weighted by Crippen LogP contribution is 2.23. The number of nitrogens with zero attached hydrogens (tertiary/aromatic N) is 5. The molecule has 0 spiro atoms. The largest absolute Gasteiger partial charge is 0.449 e. The first kappa shape index (κ1) is 20.8. The third kappa shape index (κ3) is 4.22. The first-order chi connectivity index (χ1) is 15.0. The molecule has 1 N–H and O–H groups in total. The molecule has 0 aromatic carbocycles. The van der Waals surface area contributed by atoms with Crippen molar-refractivity contribution >= 4 is 28.7 Å². The zero-order valence-electron chi connectivity index (χ0n) is 17.6. The molecule has 1 fully saturated rings. The Kier molecular flexibility index (Phi) is 5.85. The maximum absolute atomic E-state index is 12.8. The molecule has 4 heterocycles. The van der Waals surface area contributed by atoms with Gasteiger partial charge in [-0.3, -0.25) is 19.2 Å². The van der Waals surface area contributed by atoms with Crippen LogP contribution in [0.4, 0.5) is 10.5 Å². The lowest BCUT2D eigenvalue weighted by Crippen LogP contribution is -2.42. The minimum atomic E-state index is -0.469. The highest BCUT2D eigenvalue weighted by molar-refractivity contribution is 5.97. The number of aliphatic hydroxyl groups excluding tert-OH is 1. The van der Waals surface area contributed by atoms with Crippen molar-refractivity contribution in [3.8, 4) is 5.69 Å². The van der Waals surface area contributed by atoms with Crippen LogP contribution in [0.25, 0.3) is 16.7 Å². The predicted octanol–water partition coefficient (Wildman–Crippen LogP) is 2.61. The summed E-state index contributed by atoms with van der Waals surface area (Å²) in [5.74, 6) is -0.124. The Morgan fingerprint density at radius 1 is 1.29 bits per heavy atom. The molecule has 1 saturated heterocycles. The number of hydrogen-bond donors (Lipinski definition) is 1. The van der Waals surface area contributed by atoms with E-state index in [1.165, 1.54) is 4.90 Å². The van der Waals surface area contributed by atoms with Crippen LogP contribution in [0.3, 0.4) is 0 Å². The number of aliphatic hydroxyl groups is 1. The van der Waals surface area contributed by atoms with Crippen LogP contribution < -0.4 is 4.90 Å². The molecule has 162 valence electrons. The number of carbonyl (C=O) groups is 2. The lowest BCUT2D eigenvalue weighted by molar-refractivity contribution is 0.0473. The van der Waals surface area contributed by atoms with E-state index in [9.17, 15) is 14.7 Å². The van der Waals surface area contributed by atoms with Crippen LogP contribution in [0, 0.1) is 0 Å². The number of fused-ring (bicyclic) bond motifs is 1. The number of amides is 2. The van der Waals surface area contributed by atoms with E-state index in [2.05, 4.69) is 9.97 Å². The van der Waals surface area contributed by atoms with Crippen LogP contribution >= 0.6 is 0 Å². The lowest BCUT2D eigenvalue weighted by Gasteiger charge is -2.30. The second-order valence-corrected chi connectivity index (χ2v) is 7.53. The van der Waals surface area contributed by atoms with E-state index in [4.69, 9.17) is 4.74 Å². The third-order valence-corrected chi connectivity index (χ3v) is 5.37. The molecule has 31 heavy (non-hydrogen) atoms. The molecule has 0 unspecified atom stereocenters. The highest BCUT2D eigenvalue weighted by atomic mass is 16.6. The van der Waals surface area contributed by atoms with Crippen molar-refractivity contribution in [2.75, 3.05) is 31.6 Å². The van der Waals surface area contributed by atoms with Gasteiger partial charge in [0.15, 0.2) is 0 Å². The molecule has 9 nitrogen and oxygen atoms in total. The van der Waals surface area contributed by atoms with Gasteiger partial charge in [-0.2, -0.15) is 0 Å². The highest BCUT2D eigenvalue weighted by Gasteiger charge is 2.23. The fourth-order valence-corrected chi connectivity index (χ4v) is 3.73. The van der Waals surface area contributed by atoms with Gasteiger partial charge in [0.2, 0.25) is 0 Å². The molecule has 1 aliphatic heterocycles. The van der Waals surface area contributed by atoms with Crippen molar-refractivity contribution in [2.24, 2.45) is 0 Å². The first-order valence-corrected chi connectivity index (χ1v) is 10.3. The van der Waals surface area contributed by atoms with Crippen LogP contribution in [0.1, 0.15) is 30.1 Å². The van der Waals surface area contributed by atoms with Crippen molar-refractivity contribution in [1.82, 2.24) is 19.4 Å². The van der Waals surface area contributed by atoms with E-state index in [1.807, 2.05) is 29.0 Å². The molecular formula is C22H25N5O4. The number of piperidine rings is 1. The van der Waals surface area contributed by atoms with Crippen LogP contribution in [0.2, 0.25) is 0 Å². The summed E-state index contributed by atoms with van der Waals surface area (Å²) in [6.45, 7) is 3.04. The summed E-state index contributed by atoms with van der Waals surface area (Å²) in [5.41, 5.74) is 2.49. The standard InChI is InChI=1S/C22H25N5O4/c1-3-31-22(30)25(2)17-10-18(13-23-12-17)27-8-6-15-9-16(11-24-20(15)27)21(29)26-7-4-5-19(28)14-26/h6,8-13,19,28H,3-5,7,14H2,1-2H3/t19-/m0/s1. The maximum Gasteiger partial charge on any atom is 0.414 e. The van der Waals surface area contributed by atoms with Crippen LogP contribution in [-0.4, -0.2) is 69.4 Å². The quantitative estimate of drug-likeness (QED) is 0.692. The number of anilines is 1. The third-order valence-electron chi connectivity index (χ3n) is 5.37. The maximum atomic E-state index is 12.8. The Hall–Kier alpha value is -3.46. The van der Waals surface area contributed by atoms with Gasteiger partial charge in [0.1, 0.15) is 5.65 Å². The number of rotatable bonds is 4. The molecule has 2 amide bonds. The van der Waals surface area contributed by atoms with Crippen molar-refractivity contribution in [3.05, 3.63) is 48.5 Å². The Balaban J connectivity index is 1.61. The Bertz CT molecular complexity index is 1110. The van der Waals surface area contributed by atoms with E-state index in [0.29, 0.717) is 36.6 Å². The van der Waals surface area contributed by atoms with Gasteiger partial charge in [0.05, 0.1) is 42.0 Å². The van der Waals surface area contributed by atoms with Crippen LogP contribution in [0.15, 0.2) is 43.0 Å². The topological polar surface area (TPSA) is 101 Å². The molecule has 3 aromatic rings. The van der Waals surface area contributed by atoms with E-state index < -0.39 is 12.2 Å². The Morgan fingerprint density at radius 3 is 2.90 bits per heavy atom. The average Bonchev–Trinajstić information content (AvgIpc) is 3.21. The smallest absolute Gasteiger partial charge is 0.414 e. The van der Waals surface area contributed by atoms with Gasteiger partial charge in [-0.05, 0) is 38.0 Å². The number of pyridine rings is 2. The summed E-state index contributed by atoms with van der Waals surface area (Å²) in [7, 11) is 1.63. The molecule has 0 saturated carbocycles. The summed E-state index contributed by atoms with van der Waals surface area (Å²) >= 11 is 0. The summed E-state index contributed by atoms with van der Waals surface area (Å²) in [6.07, 6.45) is 7.27. The fourth-order valence-electron chi connectivity index (χ4n) is 3.73. The van der Waals surface area contributed by atoms with Crippen molar-refractivity contribution in [1.29, 1.82) is 0 Å². The monoisotopic (exact) mass is 423 g/mol. The second kappa shape index (κ2) is 8.73. The van der Waals surface area contributed by atoms with Gasteiger partial charge >= 0.3 is 6.09 Å². The second-order valence-electron chi connectivity index (χ2n) is 7.53. The SMILES string of the molecule is CCOC(=O)N(C)c1cncc(-n2ccc3cc(C(=O)N4CCC[C@H](O)C4)cnc32)c1. The molecule has 9 heteroatoms. The molecule has 1 aliphatic rings. The number of ether oxygens (including phenoxy) is 1. The molecular weight excluding hydrogens is 398 g/mol. The number of β-amino-alcohol motifs (C(OH)–C–C–N with tert-alkyl or cyclic N) is 1. The number of hydrogen-bond acceptors (Lipinski definition) is 6. The predicted molar refractivity (Wildman–Crippen MR) is 115 cm³/mol. The fraction of sp³-hybridized carbons (Fsp3) is 0.364. The molecule has 0 aliphatic carbocycles. The van der Waals surface area contributed by atoms with Gasteiger partial charge in [-0.1, -0.05) is 0 Å². The van der Waals surface area contributed by atoms with Gasteiger partial charge in [-0.15, -0.1) is 0 Å². The zero-order valence-corrected chi connectivity index (χ0v) is 17.6. The molecule has 3 aromatic heterocycles. The summed E-state index contributed by atoms with van der Waals surface area (Å²) in [4.78, 5) is 36.6. The summed E-state index contributed by atoms with van der Waals surface area (Å²) < 4.78 is 6.89. The minimum absolute atomic E-state index is 0.124. The number of likely N-dealkylation sites (tertiary alicyclic amines) is 1. The van der Waals surface area contributed by atoms with E-state index in [-0.39, 0.29) is 5.91 Å². The van der Waals surface area contributed by atoms with E-state index in [0.717, 1.165) is 23.9 Å². The minimum Gasteiger partial charge on any atom is -0.449 e. The number of aromatic nitrogens is 3. The molecule has 1 atom stereocenters. The Labute approximate surface area is 179 Å². The molecule has 4 rings (SSSR count). The molecule has 0 radical (unpaired) electrons. The van der Waals surface area contributed by atoms with Crippen molar-refractivity contribution in [3.63, 3.8) is 0 Å². The van der Waals surface area contributed by atoms with Gasteiger partial charge in [0.25, 0.3) is 5.91 Å².